The Morgan fingerprint density at radius 2 is 2.29 bits per heavy atom. The molecule has 1 aromatic heterocycles. The Morgan fingerprint density at radius 1 is 1.48 bits per heavy atom. The summed E-state index contributed by atoms with van der Waals surface area (Å²) in [6.45, 7) is 8.57. The maximum absolute atomic E-state index is 12.3. The number of aromatic nitrogens is 3. The van der Waals surface area contributed by atoms with Crippen LogP contribution in [0, 0.1) is 0 Å². The molecule has 3 heterocycles. The van der Waals surface area contributed by atoms with Crippen molar-refractivity contribution in [2.24, 2.45) is 0 Å². The minimum atomic E-state index is -0.467. The summed E-state index contributed by atoms with van der Waals surface area (Å²) in [5.41, 5.74) is -0.663. The van der Waals surface area contributed by atoms with Gasteiger partial charge in [-0.2, -0.15) is 5.10 Å². The molecule has 1 spiro atoms. The molecule has 3 rings (SSSR count). The van der Waals surface area contributed by atoms with Crippen LogP contribution in [0.5, 0.6) is 0 Å². The molecule has 0 aliphatic carbocycles. The number of ether oxygens (including phenoxy) is 1. The zero-order valence-corrected chi connectivity index (χ0v) is 12.9. The number of carbonyl (C=O) groups is 1. The summed E-state index contributed by atoms with van der Waals surface area (Å²) < 4.78 is 7.50. The zero-order valence-electron chi connectivity index (χ0n) is 12.9. The summed E-state index contributed by atoms with van der Waals surface area (Å²) in [4.78, 5) is 18.4. The largest absolute Gasteiger partial charge is 0.444 e. The van der Waals surface area contributed by atoms with Gasteiger partial charge < -0.3 is 15.0 Å². The predicted octanol–water partition coefficient (Wildman–Crippen LogP) is 1.11. The van der Waals surface area contributed by atoms with Crippen molar-refractivity contribution in [2.45, 2.75) is 51.3 Å². The molecular formula is C14H23N5O2. The van der Waals surface area contributed by atoms with Gasteiger partial charge in [-0.15, -0.1) is 0 Å². The number of piperidine rings is 1. The van der Waals surface area contributed by atoms with Crippen LogP contribution in [0.25, 0.3) is 0 Å². The Bertz CT molecular complexity index is 536. The van der Waals surface area contributed by atoms with Crippen molar-refractivity contribution in [1.82, 2.24) is 25.0 Å². The summed E-state index contributed by atoms with van der Waals surface area (Å²) >= 11 is 0. The first kappa shape index (κ1) is 14.3. The van der Waals surface area contributed by atoms with E-state index in [0.717, 1.165) is 38.3 Å². The van der Waals surface area contributed by atoms with Gasteiger partial charge in [-0.1, -0.05) is 0 Å². The molecule has 1 atom stereocenters. The van der Waals surface area contributed by atoms with Gasteiger partial charge in [0.25, 0.3) is 0 Å². The number of carbonyl (C=O) groups excluding carboxylic acids is 1. The van der Waals surface area contributed by atoms with Crippen molar-refractivity contribution < 1.29 is 9.53 Å². The van der Waals surface area contributed by atoms with Crippen molar-refractivity contribution in [3.8, 4) is 0 Å². The number of nitrogens with zero attached hydrogens (tertiary/aromatic N) is 4. The van der Waals surface area contributed by atoms with Gasteiger partial charge in [0.15, 0.2) is 0 Å². The molecule has 0 radical (unpaired) electrons. The highest BCUT2D eigenvalue weighted by molar-refractivity contribution is 5.68. The van der Waals surface area contributed by atoms with Gasteiger partial charge in [-0.3, -0.25) is 0 Å². The fourth-order valence-corrected chi connectivity index (χ4v) is 3.18. The topological polar surface area (TPSA) is 72.3 Å². The molecule has 1 N–H and O–H groups in total. The minimum absolute atomic E-state index is 0.195. The Balaban J connectivity index is 1.80. The summed E-state index contributed by atoms with van der Waals surface area (Å²) in [5.74, 6) is 0.937. The number of fused-ring (bicyclic) bond motifs is 2. The number of amides is 1. The lowest BCUT2D eigenvalue weighted by Crippen LogP contribution is -2.59. The fraction of sp³-hybridized carbons (Fsp3) is 0.786. The average molecular weight is 293 g/mol. The summed E-state index contributed by atoms with van der Waals surface area (Å²) in [5, 5.41) is 7.78. The van der Waals surface area contributed by atoms with E-state index in [4.69, 9.17) is 4.74 Å². The fourth-order valence-electron chi connectivity index (χ4n) is 3.18. The van der Waals surface area contributed by atoms with Gasteiger partial charge in [0.05, 0.1) is 18.6 Å². The van der Waals surface area contributed by atoms with Crippen LogP contribution in [0.3, 0.4) is 0 Å². The quantitative estimate of drug-likeness (QED) is 0.775. The second kappa shape index (κ2) is 4.98. The average Bonchev–Trinajstić information content (AvgIpc) is 2.87. The number of rotatable bonds is 0. The lowest BCUT2D eigenvalue weighted by atomic mass is 9.88. The van der Waals surface area contributed by atoms with Crippen molar-refractivity contribution in [3.05, 3.63) is 12.2 Å². The van der Waals surface area contributed by atoms with E-state index in [-0.39, 0.29) is 11.6 Å². The molecule has 0 saturated carbocycles. The van der Waals surface area contributed by atoms with Crippen LogP contribution in [0.1, 0.15) is 39.4 Å². The molecule has 1 fully saturated rings. The van der Waals surface area contributed by atoms with Crippen molar-refractivity contribution in [2.75, 3.05) is 19.6 Å². The van der Waals surface area contributed by atoms with E-state index in [9.17, 15) is 4.79 Å². The van der Waals surface area contributed by atoms with Gasteiger partial charge >= 0.3 is 6.09 Å². The van der Waals surface area contributed by atoms with Crippen LogP contribution in [0.15, 0.2) is 6.33 Å². The van der Waals surface area contributed by atoms with Crippen LogP contribution in [0.4, 0.5) is 4.79 Å². The summed E-state index contributed by atoms with van der Waals surface area (Å²) in [7, 11) is 0. The SMILES string of the molecule is CC(C)(C)OC(=O)N1CCCC2(CNCc3ncnn32)C1. The molecule has 0 aromatic carbocycles. The summed E-state index contributed by atoms with van der Waals surface area (Å²) in [6.07, 6.45) is 3.29. The normalized spacial score (nSPS) is 25.8. The van der Waals surface area contributed by atoms with E-state index in [1.165, 1.54) is 0 Å². The third-order valence-electron chi connectivity index (χ3n) is 4.01. The van der Waals surface area contributed by atoms with Gasteiger partial charge in [0.2, 0.25) is 0 Å². The second-order valence-corrected chi connectivity index (χ2v) is 6.92. The first-order valence-electron chi connectivity index (χ1n) is 7.48. The molecule has 7 heteroatoms. The number of nitrogens with one attached hydrogen (secondary N) is 1. The first-order valence-corrected chi connectivity index (χ1v) is 7.48. The highest BCUT2D eigenvalue weighted by Crippen LogP contribution is 2.31. The Labute approximate surface area is 124 Å². The standard InChI is InChI=1S/C14H23N5O2/c1-13(2,3)21-12(20)18-6-4-5-14(9-18)8-15-7-11-16-10-17-19(11)14/h10,15H,4-9H2,1-3H3. The minimum Gasteiger partial charge on any atom is -0.444 e. The van der Waals surface area contributed by atoms with Crippen LogP contribution in [-0.2, 0) is 16.8 Å². The number of hydrogen-bond donors (Lipinski definition) is 1. The second-order valence-electron chi connectivity index (χ2n) is 6.92. The maximum Gasteiger partial charge on any atom is 0.410 e. The molecule has 2 aliphatic heterocycles. The number of hydrogen-bond acceptors (Lipinski definition) is 5. The van der Waals surface area contributed by atoms with E-state index >= 15 is 0 Å². The third-order valence-corrected chi connectivity index (χ3v) is 4.01. The van der Waals surface area contributed by atoms with E-state index in [2.05, 4.69) is 15.4 Å². The van der Waals surface area contributed by atoms with E-state index in [1.807, 2.05) is 25.5 Å². The van der Waals surface area contributed by atoms with Gasteiger partial charge in [-0.05, 0) is 33.6 Å². The first-order chi connectivity index (χ1) is 9.90. The van der Waals surface area contributed by atoms with Crippen molar-refractivity contribution >= 4 is 6.09 Å². The molecule has 116 valence electrons. The molecular weight excluding hydrogens is 270 g/mol. The van der Waals surface area contributed by atoms with Crippen molar-refractivity contribution in [3.63, 3.8) is 0 Å². The number of likely N-dealkylation sites (tertiary alicyclic amines) is 1. The molecule has 1 unspecified atom stereocenters. The van der Waals surface area contributed by atoms with E-state index in [0.29, 0.717) is 6.54 Å². The highest BCUT2D eigenvalue weighted by atomic mass is 16.6. The highest BCUT2D eigenvalue weighted by Gasteiger charge is 2.43. The van der Waals surface area contributed by atoms with E-state index in [1.54, 1.807) is 11.2 Å². The Kier molecular flexibility index (Phi) is 3.39. The lowest BCUT2D eigenvalue weighted by Gasteiger charge is -2.45. The molecule has 1 amide bonds. The summed E-state index contributed by atoms with van der Waals surface area (Å²) in [6, 6.07) is 0. The van der Waals surface area contributed by atoms with Crippen LogP contribution < -0.4 is 5.32 Å². The molecule has 21 heavy (non-hydrogen) atoms. The van der Waals surface area contributed by atoms with Crippen LogP contribution in [-0.4, -0.2) is 51.0 Å². The predicted molar refractivity (Wildman–Crippen MR) is 76.7 cm³/mol. The van der Waals surface area contributed by atoms with Crippen LogP contribution >= 0.6 is 0 Å². The van der Waals surface area contributed by atoms with Gasteiger partial charge in [-0.25, -0.2) is 14.5 Å². The molecule has 1 saturated heterocycles. The molecule has 1 aromatic rings. The van der Waals surface area contributed by atoms with Gasteiger partial charge in [0, 0.05) is 13.1 Å². The smallest absolute Gasteiger partial charge is 0.410 e. The molecule has 2 aliphatic rings. The van der Waals surface area contributed by atoms with Crippen molar-refractivity contribution in [1.29, 1.82) is 0 Å². The third kappa shape index (κ3) is 2.74. The zero-order chi connectivity index (χ0) is 15.1. The maximum atomic E-state index is 12.3. The molecule has 0 bridgehead atoms. The lowest BCUT2D eigenvalue weighted by molar-refractivity contribution is 0.00161. The molecule has 7 nitrogen and oxygen atoms in total. The monoisotopic (exact) mass is 293 g/mol. The Hall–Kier alpha value is -1.63. The Morgan fingerprint density at radius 3 is 3.05 bits per heavy atom. The van der Waals surface area contributed by atoms with E-state index < -0.39 is 5.60 Å². The van der Waals surface area contributed by atoms with Crippen LogP contribution in [0.2, 0.25) is 0 Å². The van der Waals surface area contributed by atoms with Gasteiger partial charge in [0.1, 0.15) is 17.8 Å².